The van der Waals surface area contributed by atoms with Gasteiger partial charge in [-0.1, -0.05) is 42.5 Å². The minimum atomic E-state index is 0.434. The molecule has 0 saturated carbocycles. The normalized spacial score (nSPS) is 14.0. The Morgan fingerprint density at radius 3 is 2.20 bits per heavy atom. The predicted octanol–water partition coefficient (Wildman–Crippen LogP) is 4.84. The van der Waals surface area contributed by atoms with E-state index in [-0.39, 0.29) is 0 Å². The summed E-state index contributed by atoms with van der Waals surface area (Å²) < 4.78 is 2.08. The molecule has 1 saturated heterocycles. The van der Waals surface area contributed by atoms with E-state index >= 15 is 0 Å². The number of nitrogen functional groups attached to an aromatic ring is 1. The lowest BCUT2D eigenvalue weighted by atomic mass is 10.1. The Morgan fingerprint density at radius 2 is 1.44 bits per heavy atom. The zero-order valence-electron chi connectivity index (χ0n) is 22.5. The quantitative estimate of drug-likeness (QED) is 0.321. The van der Waals surface area contributed by atoms with Crippen LogP contribution in [-0.2, 0) is 6.54 Å². The van der Waals surface area contributed by atoms with E-state index in [0.717, 1.165) is 78.2 Å². The number of nitrogens with zero attached hydrogens (tertiary/aromatic N) is 8. The van der Waals surface area contributed by atoms with Gasteiger partial charge in [-0.05, 0) is 48.0 Å². The highest BCUT2D eigenvalue weighted by atomic mass is 15.3. The van der Waals surface area contributed by atoms with Gasteiger partial charge in [0.2, 0.25) is 5.95 Å². The molecule has 2 N–H and O–H groups in total. The van der Waals surface area contributed by atoms with Crippen molar-refractivity contribution in [3.8, 4) is 28.3 Å². The first kappa shape index (κ1) is 24.9. The van der Waals surface area contributed by atoms with Crippen molar-refractivity contribution in [3.05, 3.63) is 109 Å². The van der Waals surface area contributed by atoms with E-state index in [2.05, 4.69) is 65.7 Å². The van der Waals surface area contributed by atoms with Crippen molar-refractivity contribution in [2.24, 2.45) is 0 Å². The number of fused-ring (bicyclic) bond motifs is 1. The molecule has 202 valence electrons. The molecule has 0 aliphatic carbocycles. The number of aromatic nitrogens is 6. The van der Waals surface area contributed by atoms with Crippen LogP contribution in [0.2, 0.25) is 0 Å². The van der Waals surface area contributed by atoms with Crippen LogP contribution in [0.25, 0.3) is 39.5 Å². The van der Waals surface area contributed by atoms with E-state index in [1.54, 1.807) is 18.6 Å². The highest BCUT2D eigenvalue weighted by Crippen LogP contribution is 2.32. The van der Waals surface area contributed by atoms with Crippen LogP contribution in [0.4, 0.5) is 11.8 Å². The van der Waals surface area contributed by atoms with Crippen molar-refractivity contribution in [1.82, 2.24) is 34.4 Å². The minimum Gasteiger partial charge on any atom is -0.383 e. The van der Waals surface area contributed by atoms with Crippen molar-refractivity contribution in [2.75, 3.05) is 36.8 Å². The summed E-state index contributed by atoms with van der Waals surface area (Å²) >= 11 is 0. The molecule has 4 aromatic heterocycles. The molecule has 9 heteroatoms. The number of hydrogen-bond donors (Lipinski definition) is 1. The van der Waals surface area contributed by atoms with Gasteiger partial charge >= 0.3 is 0 Å². The van der Waals surface area contributed by atoms with Gasteiger partial charge in [-0.2, -0.15) is 0 Å². The maximum Gasteiger partial charge on any atom is 0.225 e. The van der Waals surface area contributed by atoms with Crippen LogP contribution >= 0.6 is 0 Å². The summed E-state index contributed by atoms with van der Waals surface area (Å²) in [4.78, 5) is 27.8. The molecular formula is C32H29N9. The molecule has 0 unspecified atom stereocenters. The second-order valence-corrected chi connectivity index (χ2v) is 10.1. The molecule has 0 bridgehead atoms. The third-order valence-corrected chi connectivity index (χ3v) is 7.46. The van der Waals surface area contributed by atoms with Crippen LogP contribution in [0.5, 0.6) is 0 Å². The monoisotopic (exact) mass is 539 g/mol. The van der Waals surface area contributed by atoms with Crippen LogP contribution in [0.3, 0.4) is 0 Å². The van der Waals surface area contributed by atoms with Gasteiger partial charge in [0.05, 0.1) is 11.3 Å². The van der Waals surface area contributed by atoms with Gasteiger partial charge < -0.3 is 10.6 Å². The number of anilines is 2. The molecule has 0 amide bonds. The molecule has 41 heavy (non-hydrogen) atoms. The zero-order chi connectivity index (χ0) is 27.6. The first-order valence-electron chi connectivity index (χ1n) is 13.7. The molecule has 0 atom stereocenters. The molecule has 0 spiro atoms. The summed E-state index contributed by atoms with van der Waals surface area (Å²) in [5.41, 5.74) is 12.8. The van der Waals surface area contributed by atoms with Gasteiger partial charge in [0.15, 0.2) is 11.5 Å². The molecule has 1 aliphatic rings. The molecule has 0 radical (unpaired) electrons. The average Bonchev–Trinajstić information content (AvgIpc) is 3.41. The maximum atomic E-state index is 6.32. The Hall–Kier alpha value is -5.15. The van der Waals surface area contributed by atoms with Crippen LogP contribution < -0.4 is 10.6 Å². The Morgan fingerprint density at radius 1 is 0.683 bits per heavy atom. The van der Waals surface area contributed by atoms with E-state index in [9.17, 15) is 0 Å². The molecular weight excluding hydrogens is 510 g/mol. The molecule has 2 aromatic carbocycles. The Balaban J connectivity index is 1.19. The number of rotatable bonds is 6. The summed E-state index contributed by atoms with van der Waals surface area (Å²) in [6, 6.07) is 28.5. The standard InChI is InChI=1S/C32H29N9/c33-29-26(8-4-15-34-29)30-38-28-14-13-27(24-6-2-1-3-7-24)37-31(28)41(30)25-11-9-23(10-12-25)22-39-18-20-40(21-19-39)32-35-16-5-17-36-32/h1-17H,18-22H2,(H2,33,34). The lowest BCUT2D eigenvalue weighted by Crippen LogP contribution is -2.46. The Bertz CT molecular complexity index is 1780. The maximum absolute atomic E-state index is 6.32. The summed E-state index contributed by atoms with van der Waals surface area (Å²) in [6.07, 6.45) is 5.29. The summed E-state index contributed by atoms with van der Waals surface area (Å²) in [6.45, 7) is 4.63. The molecule has 1 fully saturated rings. The molecule has 9 nitrogen and oxygen atoms in total. The number of nitrogens with two attached hydrogens (primary N) is 1. The number of piperazine rings is 1. The van der Waals surface area contributed by atoms with Gasteiger partial charge in [0.25, 0.3) is 0 Å². The lowest BCUT2D eigenvalue weighted by molar-refractivity contribution is 0.248. The van der Waals surface area contributed by atoms with Crippen molar-refractivity contribution in [2.45, 2.75) is 6.54 Å². The van der Waals surface area contributed by atoms with Crippen molar-refractivity contribution in [3.63, 3.8) is 0 Å². The average molecular weight is 540 g/mol. The van der Waals surface area contributed by atoms with Gasteiger partial charge in [-0.3, -0.25) is 9.47 Å². The fraction of sp³-hybridized carbons (Fsp3) is 0.156. The van der Waals surface area contributed by atoms with Crippen LogP contribution in [0.15, 0.2) is 104 Å². The molecule has 7 rings (SSSR count). The Labute approximate surface area is 238 Å². The second kappa shape index (κ2) is 10.8. The van der Waals surface area contributed by atoms with Gasteiger partial charge in [-0.25, -0.2) is 24.9 Å². The van der Waals surface area contributed by atoms with Crippen molar-refractivity contribution < 1.29 is 0 Å². The third kappa shape index (κ3) is 4.99. The molecule has 6 aromatic rings. The van der Waals surface area contributed by atoms with Crippen LogP contribution in [0, 0.1) is 0 Å². The first-order chi connectivity index (χ1) is 20.2. The first-order valence-corrected chi connectivity index (χ1v) is 13.7. The van der Waals surface area contributed by atoms with Crippen molar-refractivity contribution >= 4 is 22.9 Å². The van der Waals surface area contributed by atoms with Gasteiger partial charge in [0.1, 0.15) is 11.3 Å². The van der Waals surface area contributed by atoms with E-state index in [4.69, 9.17) is 15.7 Å². The number of imidazole rings is 1. The lowest BCUT2D eigenvalue weighted by Gasteiger charge is -2.34. The topological polar surface area (TPSA) is 102 Å². The van der Waals surface area contributed by atoms with E-state index < -0.39 is 0 Å². The van der Waals surface area contributed by atoms with Gasteiger partial charge in [0, 0.05) is 62.6 Å². The predicted molar refractivity (Wildman–Crippen MR) is 161 cm³/mol. The zero-order valence-corrected chi connectivity index (χ0v) is 22.5. The number of hydrogen-bond acceptors (Lipinski definition) is 8. The fourth-order valence-electron chi connectivity index (χ4n) is 5.33. The van der Waals surface area contributed by atoms with Crippen molar-refractivity contribution in [1.29, 1.82) is 0 Å². The van der Waals surface area contributed by atoms with E-state index in [0.29, 0.717) is 5.82 Å². The molecule has 5 heterocycles. The highest BCUT2D eigenvalue weighted by molar-refractivity contribution is 5.84. The SMILES string of the molecule is Nc1ncccc1-c1nc2ccc(-c3ccccc3)nc2n1-c1ccc(CN2CCN(c3ncccn3)CC2)cc1. The van der Waals surface area contributed by atoms with E-state index in [1.807, 2.05) is 48.5 Å². The summed E-state index contributed by atoms with van der Waals surface area (Å²) in [5, 5.41) is 0. The Kier molecular flexibility index (Phi) is 6.54. The van der Waals surface area contributed by atoms with Crippen LogP contribution in [-0.4, -0.2) is 60.6 Å². The second-order valence-electron chi connectivity index (χ2n) is 10.1. The van der Waals surface area contributed by atoms with E-state index in [1.165, 1.54) is 5.56 Å². The fourth-order valence-corrected chi connectivity index (χ4v) is 5.33. The summed E-state index contributed by atoms with van der Waals surface area (Å²) in [5.74, 6) is 1.96. The number of pyridine rings is 2. The smallest absolute Gasteiger partial charge is 0.225 e. The highest BCUT2D eigenvalue weighted by Gasteiger charge is 2.21. The van der Waals surface area contributed by atoms with Crippen LogP contribution in [0.1, 0.15) is 5.56 Å². The van der Waals surface area contributed by atoms with Gasteiger partial charge in [-0.15, -0.1) is 0 Å². The molecule has 1 aliphatic heterocycles. The summed E-state index contributed by atoms with van der Waals surface area (Å²) in [7, 11) is 0. The number of benzene rings is 2. The largest absolute Gasteiger partial charge is 0.383 e. The minimum absolute atomic E-state index is 0.434. The third-order valence-electron chi connectivity index (χ3n) is 7.46.